The number of hydrogen-bond donors (Lipinski definition) is 6. The van der Waals surface area contributed by atoms with Gasteiger partial charge < -0.3 is 36.0 Å². The van der Waals surface area contributed by atoms with Gasteiger partial charge in [-0.25, -0.2) is 4.79 Å². The molecule has 0 aromatic heterocycles. The summed E-state index contributed by atoms with van der Waals surface area (Å²) in [5.74, 6) is 0.916. The fourth-order valence-electron chi connectivity index (χ4n) is 4.77. The minimum absolute atomic E-state index is 0.196. The number of ether oxygens (including phenoxy) is 1. The highest BCUT2D eigenvalue weighted by atomic mass is 16.5. The molecule has 6 N–H and O–H groups in total. The van der Waals surface area contributed by atoms with Crippen molar-refractivity contribution >= 4 is 17.9 Å². The number of amides is 1. The number of aromatic hydroxyl groups is 1. The number of carbonyl (C=O) groups is 1. The van der Waals surface area contributed by atoms with Gasteiger partial charge in [0.1, 0.15) is 11.5 Å². The number of aliphatic hydroxyl groups is 1. The lowest BCUT2D eigenvalue weighted by Gasteiger charge is -2.21. The Morgan fingerprint density at radius 2 is 1.77 bits per heavy atom. The van der Waals surface area contributed by atoms with Crippen molar-refractivity contribution in [3.63, 3.8) is 0 Å². The number of carboxylic acid groups (broad SMARTS) is 1. The summed E-state index contributed by atoms with van der Waals surface area (Å²) < 4.78 is 5.95. The Labute approximate surface area is 229 Å². The number of unbranched alkanes of at least 4 members (excludes halogenated alkanes) is 3. The molecule has 2 atom stereocenters. The van der Waals surface area contributed by atoms with Gasteiger partial charge in [-0.2, -0.15) is 0 Å². The summed E-state index contributed by atoms with van der Waals surface area (Å²) in [4.78, 5) is 11.4. The summed E-state index contributed by atoms with van der Waals surface area (Å²) >= 11 is 0. The Bertz CT molecular complexity index is 1250. The Morgan fingerprint density at radius 1 is 0.974 bits per heavy atom. The van der Waals surface area contributed by atoms with Crippen molar-refractivity contribution in [2.75, 3.05) is 31.6 Å². The van der Waals surface area contributed by atoms with Crippen LogP contribution >= 0.6 is 0 Å². The van der Waals surface area contributed by atoms with Crippen LogP contribution in [0.1, 0.15) is 60.1 Å². The lowest BCUT2D eigenvalue weighted by Crippen LogP contribution is -2.27. The van der Waals surface area contributed by atoms with E-state index in [9.17, 15) is 20.1 Å². The largest absolute Gasteiger partial charge is 0.506 e. The van der Waals surface area contributed by atoms with Crippen LogP contribution in [0.15, 0.2) is 72.8 Å². The average Bonchev–Trinajstić information content (AvgIpc) is 2.96. The summed E-state index contributed by atoms with van der Waals surface area (Å²) in [7, 11) is 0. The first-order valence-electron chi connectivity index (χ1n) is 13.4. The first-order chi connectivity index (χ1) is 19.0. The summed E-state index contributed by atoms with van der Waals surface area (Å²) in [6, 6.07) is 20.0. The number of hydrogen-bond acceptors (Lipinski definition) is 6. The molecule has 0 aliphatic carbocycles. The molecular formula is C31H37N3O5. The van der Waals surface area contributed by atoms with Gasteiger partial charge in [-0.15, -0.1) is 0 Å². The number of phenols is 1. The molecule has 1 heterocycles. The molecule has 3 aromatic rings. The van der Waals surface area contributed by atoms with Gasteiger partial charge in [0.05, 0.1) is 24.4 Å². The van der Waals surface area contributed by atoms with Crippen LogP contribution in [0, 0.1) is 0 Å². The molecule has 8 nitrogen and oxygen atoms in total. The van der Waals surface area contributed by atoms with Crippen LogP contribution in [0.5, 0.6) is 11.5 Å². The lowest BCUT2D eigenvalue weighted by atomic mass is 9.97. The maximum absolute atomic E-state index is 11.4. The van der Waals surface area contributed by atoms with Gasteiger partial charge >= 0.3 is 6.09 Å². The molecule has 8 heteroatoms. The van der Waals surface area contributed by atoms with E-state index in [1.165, 1.54) is 0 Å². The highest BCUT2D eigenvalue weighted by Crippen LogP contribution is 2.35. The molecule has 1 aliphatic heterocycles. The fourth-order valence-corrected chi connectivity index (χ4v) is 4.77. The average molecular weight is 532 g/mol. The molecule has 4 rings (SSSR count). The first kappa shape index (κ1) is 28.0. The predicted molar refractivity (Wildman–Crippen MR) is 153 cm³/mol. The number of benzene rings is 3. The zero-order chi connectivity index (χ0) is 27.5. The van der Waals surface area contributed by atoms with E-state index in [4.69, 9.17) is 4.74 Å². The summed E-state index contributed by atoms with van der Waals surface area (Å²) in [5.41, 5.74) is 4.02. The monoisotopic (exact) mass is 531 g/mol. The number of phenolic OH excluding ortho intramolecular Hbond substituents is 1. The van der Waals surface area contributed by atoms with Crippen molar-refractivity contribution in [1.82, 2.24) is 10.6 Å². The van der Waals surface area contributed by atoms with E-state index >= 15 is 0 Å². The van der Waals surface area contributed by atoms with Gasteiger partial charge in [-0.1, -0.05) is 73.5 Å². The Kier molecular flexibility index (Phi) is 10.2. The lowest BCUT2D eigenvalue weighted by molar-refractivity contribution is 0.174. The third kappa shape index (κ3) is 7.99. The Balaban J connectivity index is 1.14. The second kappa shape index (κ2) is 14.2. The number of rotatable bonds is 14. The second-order valence-corrected chi connectivity index (χ2v) is 9.59. The summed E-state index contributed by atoms with van der Waals surface area (Å²) in [6.07, 6.45) is 6.18. The fraction of sp³-hybridized carbons (Fsp3) is 0.323. The maximum atomic E-state index is 11.4. The van der Waals surface area contributed by atoms with Crippen LogP contribution in [0.3, 0.4) is 0 Å². The molecule has 0 saturated heterocycles. The molecule has 2 unspecified atom stereocenters. The predicted octanol–water partition coefficient (Wildman–Crippen LogP) is 5.45. The molecule has 0 bridgehead atoms. The van der Waals surface area contributed by atoms with Crippen molar-refractivity contribution < 1.29 is 24.9 Å². The molecule has 0 saturated carbocycles. The number of anilines is 1. The van der Waals surface area contributed by atoms with Crippen molar-refractivity contribution in [3.05, 3.63) is 95.1 Å². The number of aliphatic hydroxyl groups excluding tert-OH is 1. The molecule has 39 heavy (non-hydrogen) atoms. The highest BCUT2D eigenvalue weighted by molar-refractivity contribution is 5.77. The van der Waals surface area contributed by atoms with Crippen LogP contribution in [0.4, 0.5) is 10.5 Å². The molecular weight excluding hydrogens is 494 g/mol. The van der Waals surface area contributed by atoms with E-state index in [-0.39, 0.29) is 5.75 Å². The molecule has 206 valence electrons. The zero-order valence-electron chi connectivity index (χ0n) is 22.0. The Hall–Kier alpha value is -4.01. The van der Waals surface area contributed by atoms with E-state index in [1.54, 1.807) is 12.1 Å². The third-order valence-corrected chi connectivity index (χ3v) is 6.74. The van der Waals surface area contributed by atoms with Crippen molar-refractivity contribution in [1.29, 1.82) is 0 Å². The Morgan fingerprint density at radius 3 is 2.59 bits per heavy atom. The van der Waals surface area contributed by atoms with Gasteiger partial charge in [-0.05, 0) is 54.3 Å². The molecule has 0 spiro atoms. The summed E-state index contributed by atoms with van der Waals surface area (Å²) in [5, 5.41) is 39.1. The van der Waals surface area contributed by atoms with Gasteiger partial charge in [0, 0.05) is 18.7 Å². The van der Waals surface area contributed by atoms with Crippen molar-refractivity contribution in [2.45, 2.75) is 37.8 Å². The van der Waals surface area contributed by atoms with Crippen LogP contribution < -0.4 is 20.7 Å². The van der Waals surface area contributed by atoms with Crippen LogP contribution in [0.25, 0.3) is 6.08 Å². The van der Waals surface area contributed by atoms with E-state index in [0.29, 0.717) is 25.4 Å². The SMILES string of the molecule is O=C(O)NC(c1ccccc1)c1cccc(OCCCCCCNCC(O)c2ccc(O)c3c2C=CCN3)c1. The smallest absolute Gasteiger partial charge is 0.405 e. The van der Waals surface area contributed by atoms with Crippen molar-refractivity contribution in [3.8, 4) is 11.5 Å². The molecule has 1 aliphatic rings. The third-order valence-electron chi connectivity index (χ3n) is 6.74. The van der Waals surface area contributed by atoms with Crippen LogP contribution in [-0.2, 0) is 0 Å². The van der Waals surface area contributed by atoms with E-state index < -0.39 is 18.2 Å². The minimum Gasteiger partial charge on any atom is -0.506 e. The molecule has 1 amide bonds. The normalized spacial score (nSPS) is 13.7. The second-order valence-electron chi connectivity index (χ2n) is 9.59. The van der Waals surface area contributed by atoms with Crippen LogP contribution in [-0.4, -0.2) is 47.7 Å². The van der Waals surface area contributed by atoms with Crippen LogP contribution in [0.2, 0.25) is 0 Å². The maximum Gasteiger partial charge on any atom is 0.405 e. The highest BCUT2D eigenvalue weighted by Gasteiger charge is 2.19. The minimum atomic E-state index is -1.08. The number of nitrogens with one attached hydrogen (secondary N) is 3. The van der Waals surface area contributed by atoms with Gasteiger partial charge in [0.2, 0.25) is 0 Å². The van der Waals surface area contributed by atoms with E-state index in [2.05, 4.69) is 16.0 Å². The van der Waals surface area contributed by atoms with Gasteiger partial charge in [0.25, 0.3) is 0 Å². The van der Waals surface area contributed by atoms with Gasteiger partial charge in [-0.3, -0.25) is 0 Å². The molecule has 3 aromatic carbocycles. The standard InChI is InChI=1S/C31H37N3O5/c35-27-16-15-25(26-14-9-18-33-30(26)27)28(36)21-32-17-6-1-2-7-19-39-24-13-8-12-23(20-24)29(34-31(37)38)22-10-4-3-5-11-22/h3-5,8-16,20,28-29,32-36H,1-2,6-7,17-19,21H2,(H,37,38). The van der Waals surface area contributed by atoms with Crippen molar-refractivity contribution in [2.24, 2.45) is 0 Å². The molecule has 0 fully saturated rings. The summed E-state index contributed by atoms with van der Waals surface area (Å²) in [6.45, 7) is 2.51. The number of fused-ring (bicyclic) bond motifs is 1. The van der Waals surface area contributed by atoms with E-state index in [0.717, 1.165) is 60.2 Å². The quantitative estimate of drug-likeness (QED) is 0.121. The van der Waals surface area contributed by atoms with E-state index in [1.807, 2.05) is 66.7 Å². The first-order valence-corrected chi connectivity index (χ1v) is 13.4. The molecule has 0 radical (unpaired) electrons. The zero-order valence-corrected chi connectivity index (χ0v) is 22.0. The topological polar surface area (TPSA) is 123 Å². The van der Waals surface area contributed by atoms with Gasteiger partial charge in [0.15, 0.2) is 0 Å².